The molecule has 96 valence electrons. The van der Waals surface area contributed by atoms with E-state index in [0.29, 0.717) is 6.04 Å². The van der Waals surface area contributed by atoms with Crippen LogP contribution >= 0.6 is 27.3 Å². The van der Waals surface area contributed by atoms with Crippen LogP contribution in [0.2, 0.25) is 0 Å². The third-order valence-electron chi connectivity index (χ3n) is 3.41. The van der Waals surface area contributed by atoms with Gasteiger partial charge in [-0.25, -0.2) is 0 Å². The zero-order chi connectivity index (χ0) is 13.1. The van der Waals surface area contributed by atoms with Crippen LogP contribution in [0.15, 0.2) is 35.7 Å². The van der Waals surface area contributed by atoms with Gasteiger partial charge < -0.3 is 4.90 Å². The molecule has 0 aliphatic carbocycles. The highest BCUT2D eigenvalue weighted by Crippen LogP contribution is 2.29. The minimum absolute atomic E-state index is 0.416. The van der Waals surface area contributed by atoms with Gasteiger partial charge in [-0.05, 0) is 48.6 Å². The fourth-order valence-corrected chi connectivity index (χ4v) is 3.45. The van der Waals surface area contributed by atoms with Crippen LogP contribution in [0.25, 0.3) is 0 Å². The number of benzene rings is 1. The molecule has 0 aliphatic rings. The van der Waals surface area contributed by atoms with E-state index < -0.39 is 0 Å². The first-order chi connectivity index (χ1) is 8.63. The van der Waals surface area contributed by atoms with Crippen molar-refractivity contribution in [1.82, 2.24) is 0 Å². The number of hydrogen-bond acceptors (Lipinski definition) is 2. The summed E-state index contributed by atoms with van der Waals surface area (Å²) in [5.74, 6) is 0. The van der Waals surface area contributed by atoms with Crippen LogP contribution in [0.1, 0.15) is 29.0 Å². The molecule has 0 radical (unpaired) electrons. The molecule has 1 atom stereocenters. The maximum Gasteiger partial charge on any atom is 0.0603 e. The van der Waals surface area contributed by atoms with Crippen molar-refractivity contribution < 1.29 is 0 Å². The number of alkyl halides is 1. The molecule has 0 aliphatic heterocycles. The van der Waals surface area contributed by atoms with Crippen LogP contribution in [0.3, 0.4) is 0 Å². The molecular formula is C15H18BrNS. The predicted octanol–water partition coefficient (Wildman–Crippen LogP) is 5.15. The summed E-state index contributed by atoms with van der Waals surface area (Å²) in [5, 5.41) is 3.06. The van der Waals surface area contributed by atoms with Crippen molar-refractivity contribution in [2.24, 2.45) is 0 Å². The number of aryl methyl sites for hydroxylation is 1. The summed E-state index contributed by atoms with van der Waals surface area (Å²) >= 11 is 5.34. The van der Waals surface area contributed by atoms with Gasteiger partial charge in [-0.3, -0.25) is 0 Å². The number of nitrogens with zero attached hydrogens (tertiary/aromatic N) is 1. The minimum Gasteiger partial charge on any atom is -0.367 e. The van der Waals surface area contributed by atoms with E-state index >= 15 is 0 Å². The predicted molar refractivity (Wildman–Crippen MR) is 84.9 cm³/mol. The SMILES string of the molecule is Cc1cc(N(C)C(C)c2cccs2)ccc1CBr. The standard InChI is InChI=1S/C15H18BrNS/c1-11-9-14(7-6-13(11)10-16)17(3)12(2)15-5-4-8-18-15/h4-9,12H,10H2,1-3H3. The van der Waals surface area contributed by atoms with Gasteiger partial charge >= 0.3 is 0 Å². The second-order valence-corrected chi connectivity index (χ2v) is 6.09. The van der Waals surface area contributed by atoms with Crippen LogP contribution < -0.4 is 4.90 Å². The lowest BCUT2D eigenvalue weighted by molar-refractivity contribution is 0.753. The van der Waals surface area contributed by atoms with E-state index in [4.69, 9.17) is 0 Å². The number of halogens is 1. The van der Waals surface area contributed by atoms with Crippen molar-refractivity contribution in [2.75, 3.05) is 11.9 Å². The molecule has 1 heterocycles. The lowest BCUT2D eigenvalue weighted by Crippen LogP contribution is -2.20. The molecule has 0 amide bonds. The van der Waals surface area contributed by atoms with Gasteiger partial charge in [0.1, 0.15) is 0 Å². The molecule has 0 saturated heterocycles. The summed E-state index contributed by atoms with van der Waals surface area (Å²) < 4.78 is 0. The maximum absolute atomic E-state index is 3.52. The Hall–Kier alpha value is -0.800. The van der Waals surface area contributed by atoms with E-state index in [2.05, 4.69) is 77.4 Å². The summed E-state index contributed by atoms with van der Waals surface area (Å²) in [5.41, 5.74) is 3.98. The second-order valence-electron chi connectivity index (χ2n) is 4.55. The van der Waals surface area contributed by atoms with Gasteiger partial charge in [-0.15, -0.1) is 11.3 Å². The number of hydrogen-bond donors (Lipinski definition) is 0. The summed E-state index contributed by atoms with van der Waals surface area (Å²) in [6.07, 6.45) is 0. The van der Waals surface area contributed by atoms with Crippen LogP contribution in [-0.4, -0.2) is 7.05 Å². The number of thiophene rings is 1. The Balaban J connectivity index is 2.23. The molecule has 1 aromatic heterocycles. The number of rotatable bonds is 4. The van der Waals surface area contributed by atoms with Crippen molar-refractivity contribution in [3.63, 3.8) is 0 Å². The molecular weight excluding hydrogens is 306 g/mol. The van der Waals surface area contributed by atoms with E-state index in [1.807, 2.05) is 11.3 Å². The Morgan fingerprint density at radius 1 is 1.33 bits per heavy atom. The summed E-state index contributed by atoms with van der Waals surface area (Å²) in [6, 6.07) is 11.4. The van der Waals surface area contributed by atoms with E-state index in [9.17, 15) is 0 Å². The van der Waals surface area contributed by atoms with Gasteiger partial charge in [-0.1, -0.05) is 28.1 Å². The third kappa shape index (κ3) is 2.78. The molecule has 2 aromatic rings. The fraction of sp³-hybridized carbons (Fsp3) is 0.333. The summed E-state index contributed by atoms with van der Waals surface area (Å²) in [4.78, 5) is 3.73. The average molecular weight is 324 g/mol. The smallest absolute Gasteiger partial charge is 0.0603 e. The third-order valence-corrected chi connectivity index (χ3v) is 5.06. The van der Waals surface area contributed by atoms with Crippen molar-refractivity contribution >= 4 is 33.0 Å². The Kier molecular flexibility index (Phi) is 4.46. The molecule has 0 spiro atoms. The molecule has 0 bridgehead atoms. The highest BCUT2D eigenvalue weighted by Gasteiger charge is 2.13. The van der Waals surface area contributed by atoms with Gasteiger partial charge in [-0.2, -0.15) is 0 Å². The first-order valence-electron chi connectivity index (χ1n) is 6.05. The molecule has 18 heavy (non-hydrogen) atoms. The molecule has 3 heteroatoms. The van der Waals surface area contributed by atoms with Gasteiger partial charge in [0.2, 0.25) is 0 Å². The van der Waals surface area contributed by atoms with Gasteiger partial charge in [0, 0.05) is 22.9 Å². The molecule has 0 saturated carbocycles. The summed E-state index contributed by atoms with van der Waals surface area (Å²) in [7, 11) is 2.16. The van der Waals surface area contributed by atoms with E-state index in [1.54, 1.807) is 0 Å². The molecule has 0 fully saturated rings. The zero-order valence-electron chi connectivity index (χ0n) is 11.0. The lowest BCUT2D eigenvalue weighted by Gasteiger charge is -2.27. The van der Waals surface area contributed by atoms with Gasteiger partial charge in [0.25, 0.3) is 0 Å². The molecule has 1 unspecified atom stereocenters. The first kappa shape index (κ1) is 13.6. The fourth-order valence-electron chi connectivity index (χ4n) is 1.99. The van der Waals surface area contributed by atoms with E-state index in [-0.39, 0.29) is 0 Å². The highest BCUT2D eigenvalue weighted by atomic mass is 79.9. The molecule has 2 rings (SSSR count). The quantitative estimate of drug-likeness (QED) is 0.703. The Bertz CT molecular complexity index is 507. The summed E-state index contributed by atoms with van der Waals surface area (Å²) in [6.45, 7) is 4.42. The van der Waals surface area contributed by atoms with Gasteiger partial charge in [0.05, 0.1) is 6.04 Å². The minimum atomic E-state index is 0.416. The first-order valence-corrected chi connectivity index (χ1v) is 8.05. The number of anilines is 1. The highest BCUT2D eigenvalue weighted by molar-refractivity contribution is 9.08. The monoisotopic (exact) mass is 323 g/mol. The van der Waals surface area contributed by atoms with Crippen LogP contribution in [-0.2, 0) is 5.33 Å². The average Bonchev–Trinajstić information content (AvgIpc) is 2.90. The van der Waals surface area contributed by atoms with Crippen LogP contribution in [0.4, 0.5) is 5.69 Å². The van der Waals surface area contributed by atoms with Crippen molar-refractivity contribution in [1.29, 1.82) is 0 Å². The van der Waals surface area contributed by atoms with Crippen LogP contribution in [0, 0.1) is 6.92 Å². The Morgan fingerprint density at radius 3 is 2.67 bits per heavy atom. The molecule has 0 N–H and O–H groups in total. The van der Waals surface area contributed by atoms with Crippen molar-refractivity contribution in [3.05, 3.63) is 51.7 Å². The Morgan fingerprint density at radius 2 is 2.11 bits per heavy atom. The topological polar surface area (TPSA) is 3.24 Å². The lowest BCUT2D eigenvalue weighted by atomic mass is 10.1. The maximum atomic E-state index is 3.52. The van der Waals surface area contributed by atoms with E-state index in [0.717, 1.165) is 5.33 Å². The Labute approximate surface area is 122 Å². The van der Waals surface area contributed by atoms with Gasteiger partial charge in [0.15, 0.2) is 0 Å². The van der Waals surface area contributed by atoms with Crippen molar-refractivity contribution in [3.8, 4) is 0 Å². The van der Waals surface area contributed by atoms with E-state index in [1.165, 1.54) is 21.7 Å². The largest absolute Gasteiger partial charge is 0.367 e. The second kappa shape index (κ2) is 5.89. The molecule has 1 aromatic carbocycles. The normalized spacial score (nSPS) is 12.4. The zero-order valence-corrected chi connectivity index (χ0v) is 13.4. The van der Waals surface area contributed by atoms with Crippen molar-refractivity contribution in [2.45, 2.75) is 25.2 Å². The molecule has 1 nitrogen and oxygen atoms in total. The van der Waals surface area contributed by atoms with Crippen LogP contribution in [0.5, 0.6) is 0 Å².